The molecule has 4 N–H and O–H groups in total. The van der Waals surface area contributed by atoms with Crippen LogP contribution >= 0.6 is 11.6 Å². The highest BCUT2D eigenvalue weighted by atomic mass is 35.5. The van der Waals surface area contributed by atoms with Gasteiger partial charge in [0.2, 0.25) is 0 Å². The van der Waals surface area contributed by atoms with E-state index in [1.807, 2.05) is 0 Å². The third-order valence-corrected chi connectivity index (χ3v) is 3.39. The van der Waals surface area contributed by atoms with Crippen molar-refractivity contribution in [2.45, 2.75) is 0 Å². The lowest BCUT2D eigenvalue weighted by molar-refractivity contribution is -0.383. The van der Waals surface area contributed by atoms with Crippen molar-refractivity contribution in [1.82, 2.24) is 0 Å². The van der Waals surface area contributed by atoms with Crippen molar-refractivity contribution in [3.05, 3.63) is 63.2 Å². The number of hydrogen-bond acceptors (Lipinski definition) is 6. The fourth-order valence-corrected chi connectivity index (χ4v) is 2.17. The number of rotatable bonds is 6. The number of primary amides is 1. The number of nitro groups is 1. The summed E-state index contributed by atoms with van der Waals surface area (Å²) in [6.07, 6.45) is 0. The van der Waals surface area contributed by atoms with Crippen molar-refractivity contribution in [2.24, 2.45) is 5.73 Å². The Kier molecular flexibility index (Phi) is 6.28. The Labute approximate surface area is 157 Å². The molecule has 2 aromatic carbocycles. The lowest BCUT2D eigenvalue weighted by Crippen LogP contribution is -2.21. The van der Waals surface area contributed by atoms with Crippen LogP contribution in [0.4, 0.5) is 21.9 Å². The molecule has 0 bridgehead atoms. The summed E-state index contributed by atoms with van der Waals surface area (Å²) in [4.78, 5) is 44.8. The fraction of sp³-hybridized carbons (Fsp3) is 0.0625. The summed E-state index contributed by atoms with van der Waals surface area (Å²) in [6, 6.07) is 8.51. The summed E-state index contributed by atoms with van der Waals surface area (Å²) in [6.45, 7) is -0.663. The summed E-state index contributed by atoms with van der Waals surface area (Å²) < 4.78 is 4.85. The van der Waals surface area contributed by atoms with Crippen LogP contribution in [0.2, 0.25) is 5.02 Å². The van der Waals surface area contributed by atoms with Gasteiger partial charge in [0, 0.05) is 16.8 Å². The van der Waals surface area contributed by atoms with Gasteiger partial charge in [0.15, 0.2) is 6.61 Å². The van der Waals surface area contributed by atoms with Crippen LogP contribution in [-0.2, 0) is 9.53 Å². The van der Waals surface area contributed by atoms with Crippen molar-refractivity contribution < 1.29 is 24.0 Å². The number of benzene rings is 2. The van der Waals surface area contributed by atoms with Crippen molar-refractivity contribution in [3.8, 4) is 0 Å². The van der Waals surface area contributed by atoms with E-state index in [2.05, 4.69) is 10.6 Å². The molecule has 11 heteroatoms. The van der Waals surface area contributed by atoms with Crippen molar-refractivity contribution in [1.29, 1.82) is 0 Å². The average molecular weight is 393 g/mol. The summed E-state index contributed by atoms with van der Waals surface area (Å²) >= 11 is 5.76. The first-order chi connectivity index (χ1) is 12.8. The largest absolute Gasteiger partial charge is 0.452 e. The molecule has 3 amide bonds. The molecule has 0 fully saturated rings. The number of urea groups is 1. The summed E-state index contributed by atoms with van der Waals surface area (Å²) in [7, 11) is 0. The maximum atomic E-state index is 11.9. The number of carbonyl (C=O) groups is 3. The smallest absolute Gasteiger partial charge is 0.338 e. The number of nitrogens with zero attached hydrogens (tertiary/aromatic N) is 1. The molecule has 27 heavy (non-hydrogen) atoms. The van der Waals surface area contributed by atoms with E-state index in [4.69, 9.17) is 22.1 Å². The number of hydrogen-bond donors (Lipinski definition) is 3. The molecule has 0 saturated heterocycles. The van der Waals surface area contributed by atoms with E-state index in [1.54, 1.807) is 0 Å². The third-order valence-electron chi connectivity index (χ3n) is 3.15. The number of carbonyl (C=O) groups excluding carboxylic acids is 3. The lowest BCUT2D eigenvalue weighted by Gasteiger charge is -2.08. The van der Waals surface area contributed by atoms with Crippen LogP contribution in [0.3, 0.4) is 0 Å². The SMILES string of the molecule is NC(=O)Nc1ccc(C(=O)OCC(=O)Nc2cc(Cl)ccc2[N+](=O)[O-])cc1. The minimum atomic E-state index is -0.795. The van der Waals surface area contributed by atoms with Gasteiger partial charge in [0.1, 0.15) is 5.69 Å². The van der Waals surface area contributed by atoms with Crippen molar-refractivity contribution >= 4 is 46.6 Å². The number of nitrogens with two attached hydrogens (primary N) is 1. The molecule has 0 aliphatic rings. The van der Waals surface area contributed by atoms with Crippen LogP contribution in [0.25, 0.3) is 0 Å². The average Bonchev–Trinajstić information content (AvgIpc) is 2.59. The number of esters is 1. The first-order valence-electron chi connectivity index (χ1n) is 7.33. The van der Waals surface area contributed by atoms with Crippen LogP contribution in [0.1, 0.15) is 10.4 Å². The van der Waals surface area contributed by atoms with Gasteiger partial charge in [-0.2, -0.15) is 0 Å². The van der Waals surface area contributed by atoms with Crippen LogP contribution < -0.4 is 16.4 Å². The van der Waals surface area contributed by atoms with Crippen LogP contribution in [0.5, 0.6) is 0 Å². The molecule has 2 rings (SSSR count). The van der Waals surface area contributed by atoms with Gasteiger partial charge in [-0.3, -0.25) is 14.9 Å². The lowest BCUT2D eigenvalue weighted by atomic mass is 10.2. The summed E-state index contributed by atoms with van der Waals surface area (Å²) in [5, 5.41) is 15.7. The second-order valence-electron chi connectivity index (χ2n) is 5.11. The molecule has 0 spiro atoms. The van der Waals surface area contributed by atoms with E-state index in [0.717, 1.165) is 6.07 Å². The number of ether oxygens (including phenoxy) is 1. The second kappa shape index (κ2) is 8.63. The maximum absolute atomic E-state index is 11.9. The molecular weight excluding hydrogens is 380 g/mol. The predicted octanol–water partition coefficient (Wildman–Crippen LogP) is 2.53. The highest BCUT2D eigenvalue weighted by Crippen LogP contribution is 2.27. The van der Waals surface area contributed by atoms with Gasteiger partial charge in [-0.05, 0) is 36.4 Å². The van der Waals surface area contributed by atoms with E-state index >= 15 is 0 Å². The quantitative estimate of drug-likeness (QED) is 0.390. The van der Waals surface area contributed by atoms with Gasteiger partial charge in [-0.1, -0.05) is 11.6 Å². The first kappa shape index (κ1) is 19.7. The predicted molar refractivity (Wildman–Crippen MR) is 96.7 cm³/mol. The van der Waals surface area contributed by atoms with Gasteiger partial charge >= 0.3 is 12.0 Å². The third kappa shape index (κ3) is 5.68. The molecule has 0 atom stereocenters. The van der Waals surface area contributed by atoms with E-state index in [9.17, 15) is 24.5 Å². The topological polar surface area (TPSA) is 154 Å². The van der Waals surface area contributed by atoms with Gasteiger partial charge in [-0.25, -0.2) is 9.59 Å². The van der Waals surface area contributed by atoms with E-state index in [0.29, 0.717) is 5.69 Å². The summed E-state index contributed by atoms with van der Waals surface area (Å²) in [5.74, 6) is -1.57. The van der Waals surface area contributed by atoms with E-state index < -0.39 is 29.4 Å². The monoisotopic (exact) mass is 392 g/mol. The summed E-state index contributed by atoms with van der Waals surface area (Å²) in [5.41, 5.74) is 5.01. The molecule has 140 valence electrons. The maximum Gasteiger partial charge on any atom is 0.338 e. The molecule has 2 aromatic rings. The number of amides is 3. The highest BCUT2D eigenvalue weighted by molar-refractivity contribution is 6.31. The second-order valence-corrected chi connectivity index (χ2v) is 5.55. The van der Waals surface area contributed by atoms with Crippen LogP contribution in [-0.4, -0.2) is 29.4 Å². The van der Waals surface area contributed by atoms with Gasteiger partial charge in [-0.15, -0.1) is 0 Å². The van der Waals surface area contributed by atoms with Crippen molar-refractivity contribution in [2.75, 3.05) is 17.2 Å². The van der Waals surface area contributed by atoms with E-state index in [-0.39, 0.29) is 22.0 Å². The number of nitro benzene ring substituents is 1. The molecule has 10 nitrogen and oxygen atoms in total. The highest BCUT2D eigenvalue weighted by Gasteiger charge is 2.17. The molecule has 0 heterocycles. The Morgan fingerprint density at radius 1 is 1.11 bits per heavy atom. The Balaban J connectivity index is 1.95. The molecule has 0 aliphatic heterocycles. The zero-order valence-corrected chi connectivity index (χ0v) is 14.4. The minimum absolute atomic E-state index is 0.115. The zero-order chi connectivity index (χ0) is 20.0. The molecule has 0 saturated carbocycles. The molecule has 0 aliphatic carbocycles. The number of anilines is 2. The normalized spacial score (nSPS) is 9.96. The molecule has 0 radical (unpaired) electrons. The molecule has 0 unspecified atom stereocenters. The molecule has 0 aromatic heterocycles. The molecular formula is C16H13ClN4O6. The number of halogens is 1. The first-order valence-corrected chi connectivity index (χ1v) is 7.71. The van der Waals surface area contributed by atoms with Gasteiger partial charge in [0.05, 0.1) is 10.5 Å². The minimum Gasteiger partial charge on any atom is -0.452 e. The fourth-order valence-electron chi connectivity index (χ4n) is 2.00. The van der Waals surface area contributed by atoms with E-state index in [1.165, 1.54) is 36.4 Å². The van der Waals surface area contributed by atoms with Crippen LogP contribution in [0.15, 0.2) is 42.5 Å². The Bertz CT molecular complexity index is 900. The van der Waals surface area contributed by atoms with Gasteiger partial charge < -0.3 is 21.1 Å². The Hall–Kier alpha value is -3.66. The van der Waals surface area contributed by atoms with Crippen molar-refractivity contribution in [3.63, 3.8) is 0 Å². The van der Waals surface area contributed by atoms with Gasteiger partial charge in [0.25, 0.3) is 11.6 Å². The number of nitrogens with one attached hydrogen (secondary N) is 2. The zero-order valence-electron chi connectivity index (χ0n) is 13.6. The van der Waals surface area contributed by atoms with Crippen LogP contribution in [0, 0.1) is 10.1 Å². The Morgan fingerprint density at radius 2 is 1.78 bits per heavy atom. The Morgan fingerprint density at radius 3 is 2.37 bits per heavy atom. The standard InChI is InChI=1S/C16H13ClN4O6/c17-10-3-6-13(21(25)26)12(7-10)20-14(22)8-27-15(23)9-1-4-11(5-2-9)19-16(18)24/h1-7H,8H2,(H,20,22)(H3,18,19,24).